The third kappa shape index (κ3) is 3.46. The maximum Gasteiger partial charge on any atom is 0.340 e. The summed E-state index contributed by atoms with van der Waals surface area (Å²) in [5.74, 6) is 0.354. The Kier molecular flexibility index (Phi) is 5.05. The van der Waals surface area contributed by atoms with E-state index in [1.165, 1.54) is 12.3 Å². The number of benzene rings is 1. The molecule has 1 heterocycles. The molecule has 2 rings (SSSR count). The van der Waals surface area contributed by atoms with E-state index in [1.54, 1.807) is 18.7 Å². The standard InChI is InChI=1S/C15H16N2O3S/c1-3-19-15(18)10-8-9-17-14(13(10)16)20-11-6-4-5-7-12(11)21-2/h4-9H,3,16H2,1-2H3. The Morgan fingerprint density at radius 2 is 2.10 bits per heavy atom. The molecular formula is C15H16N2O3S. The number of anilines is 1. The molecule has 2 aromatic rings. The highest BCUT2D eigenvalue weighted by molar-refractivity contribution is 7.98. The zero-order valence-electron chi connectivity index (χ0n) is 11.8. The van der Waals surface area contributed by atoms with Crippen LogP contribution in [0.5, 0.6) is 11.6 Å². The molecule has 0 aliphatic carbocycles. The second-order valence-electron chi connectivity index (χ2n) is 4.05. The Balaban J connectivity index is 2.33. The normalized spacial score (nSPS) is 10.2. The molecule has 0 amide bonds. The molecule has 0 aliphatic rings. The van der Waals surface area contributed by atoms with Gasteiger partial charge in [0.1, 0.15) is 11.4 Å². The van der Waals surface area contributed by atoms with Crippen LogP contribution in [0.3, 0.4) is 0 Å². The molecule has 6 heteroatoms. The summed E-state index contributed by atoms with van der Waals surface area (Å²) in [5, 5.41) is 0. The van der Waals surface area contributed by atoms with Gasteiger partial charge in [0, 0.05) is 11.1 Å². The highest BCUT2D eigenvalue weighted by atomic mass is 32.2. The molecule has 1 aromatic heterocycles. The number of ether oxygens (including phenoxy) is 2. The van der Waals surface area contributed by atoms with Crippen molar-refractivity contribution >= 4 is 23.4 Å². The zero-order valence-corrected chi connectivity index (χ0v) is 12.6. The van der Waals surface area contributed by atoms with Gasteiger partial charge in [0.05, 0.1) is 12.2 Å². The monoisotopic (exact) mass is 304 g/mol. The Labute approximate surface area is 127 Å². The number of nitrogen functional groups attached to an aromatic ring is 1. The van der Waals surface area contributed by atoms with Gasteiger partial charge in [-0.3, -0.25) is 0 Å². The number of carbonyl (C=O) groups excluding carboxylic acids is 1. The Morgan fingerprint density at radius 1 is 1.33 bits per heavy atom. The largest absolute Gasteiger partial charge is 0.462 e. The zero-order chi connectivity index (χ0) is 15.2. The van der Waals surface area contributed by atoms with Gasteiger partial charge in [-0.1, -0.05) is 12.1 Å². The number of nitrogens with two attached hydrogens (primary N) is 1. The van der Waals surface area contributed by atoms with Crippen LogP contribution < -0.4 is 10.5 Å². The van der Waals surface area contributed by atoms with Gasteiger partial charge < -0.3 is 15.2 Å². The van der Waals surface area contributed by atoms with Crippen LogP contribution in [0.1, 0.15) is 17.3 Å². The summed E-state index contributed by atoms with van der Waals surface area (Å²) in [6.45, 7) is 2.02. The van der Waals surface area contributed by atoms with Gasteiger partial charge in [-0.25, -0.2) is 9.78 Å². The highest BCUT2D eigenvalue weighted by Gasteiger charge is 2.16. The van der Waals surface area contributed by atoms with E-state index >= 15 is 0 Å². The first-order valence-corrected chi connectivity index (χ1v) is 7.62. The van der Waals surface area contributed by atoms with Crippen molar-refractivity contribution in [3.05, 3.63) is 42.1 Å². The lowest BCUT2D eigenvalue weighted by atomic mass is 10.2. The number of nitrogens with zero attached hydrogens (tertiary/aromatic N) is 1. The first kappa shape index (κ1) is 15.2. The van der Waals surface area contributed by atoms with Crippen molar-refractivity contribution in [2.24, 2.45) is 0 Å². The summed E-state index contributed by atoms with van der Waals surface area (Å²) in [6, 6.07) is 9.06. The van der Waals surface area contributed by atoms with E-state index < -0.39 is 5.97 Å². The van der Waals surface area contributed by atoms with Crippen molar-refractivity contribution in [2.75, 3.05) is 18.6 Å². The van der Waals surface area contributed by atoms with Crippen LogP contribution in [-0.4, -0.2) is 23.8 Å². The van der Waals surface area contributed by atoms with Crippen LogP contribution in [0, 0.1) is 0 Å². The van der Waals surface area contributed by atoms with Gasteiger partial charge in [-0.2, -0.15) is 0 Å². The molecule has 21 heavy (non-hydrogen) atoms. The number of pyridine rings is 1. The second-order valence-corrected chi connectivity index (χ2v) is 4.90. The van der Waals surface area contributed by atoms with Crippen molar-refractivity contribution in [2.45, 2.75) is 11.8 Å². The summed E-state index contributed by atoms with van der Waals surface area (Å²) in [4.78, 5) is 16.9. The minimum atomic E-state index is -0.486. The van der Waals surface area contributed by atoms with Gasteiger partial charge in [0.25, 0.3) is 0 Å². The van der Waals surface area contributed by atoms with E-state index in [-0.39, 0.29) is 23.7 Å². The van der Waals surface area contributed by atoms with Gasteiger partial charge >= 0.3 is 5.97 Å². The molecule has 0 saturated carbocycles. The Hall–Kier alpha value is -2.21. The Morgan fingerprint density at radius 3 is 2.81 bits per heavy atom. The number of aromatic nitrogens is 1. The average Bonchev–Trinajstić information content (AvgIpc) is 2.50. The number of carbonyl (C=O) groups is 1. The topological polar surface area (TPSA) is 74.4 Å². The number of rotatable bonds is 5. The minimum Gasteiger partial charge on any atom is -0.462 e. The number of esters is 1. The third-order valence-electron chi connectivity index (χ3n) is 2.72. The summed E-state index contributed by atoms with van der Waals surface area (Å²) < 4.78 is 10.7. The van der Waals surface area contributed by atoms with Crippen molar-refractivity contribution in [1.29, 1.82) is 0 Å². The predicted molar refractivity (Wildman–Crippen MR) is 82.9 cm³/mol. The first-order valence-electron chi connectivity index (χ1n) is 6.39. The average molecular weight is 304 g/mol. The van der Waals surface area contributed by atoms with Crippen molar-refractivity contribution in [3.63, 3.8) is 0 Å². The molecule has 110 valence electrons. The summed E-state index contributed by atoms with van der Waals surface area (Å²) >= 11 is 1.55. The predicted octanol–water partition coefficient (Wildman–Crippen LogP) is 3.35. The molecule has 0 atom stereocenters. The quantitative estimate of drug-likeness (QED) is 0.674. The SMILES string of the molecule is CCOC(=O)c1ccnc(Oc2ccccc2SC)c1N. The molecule has 0 spiro atoms. The fraction of sp³-hybridized carbons (Fsp3) is 0.200. The highest BCUT2D eigenvalue weighted by Crippen LogP contribution is 2.33. The van der Waals surface area contributed by atoms with Gasteiger partial charge in [0.15, 0.2) is 0 Å². The van der Waals surface area contributed by atoms with E-state index in [0.29, 0.717) is 5.75 Å². The van der Waals surface area contributed by atoms with Crippen LogP contribution in [0.2, 0.25) is 0 Å². The number of hydrogen-bond donors (Lipinski definition) is 1. The van der Waals surface area contributed by atoms with Crippen molar-refractivity contribution in [3.8, 4) is 11.6 Å². The molecule has 2 N–H and O–H groups in total. The molecule has 0 fully saturated rings. The van der Waals surface area contributed by atoms with E-state index in [9.17, 15) is 4.79 Å². The maximum absolute atomic E-state index is 11.8. The van der Waals surface area contributed by atoms with Crippen LogP contribution >= 0.6 is 11.8 Å². The lowest BCUT2D eigenvalue weighted by Gasteiger charge is -2.12. The van der Waals surface area contributed by atoms with Gasteiger partial charge in [-0.15, -0.1) is 11.8 Å². The molecule has 0 saturated heterocycles. The molecule has 0 aliphatic heterocycles. The van der Waals surface area contributed by atoms with Crippen molar-refractivity contribution < 1.29 is 14.3 Å². The lowest BCUT2D eigenvalue weighted by Crippen LogP contribution is -2.09. The van der Waals surface area contributed by atoms with Crippen molar-refractivity contribution in [1.82, 2.24) is 4.98 Å². The minimum absolute atomic E-state index is 0.173. The van der Waals surface area contributed by atoms with E-state index in [1.807, 2.05) is 30.5 Å². The molecule has 1 aromatic carbocycles. The fourth-order valence-electron chi connectivity index (χ4n) is 1.73. The smallest absolute Gasteiger partial charge is 0.340 e. The lowest BCUT2D eigenvalue weighted by molar-refractivity contribution is 0.0527. The van der Waals surface area contributed by atoms with Gasteiger partial charge in [-0.05, 0) is 31.4 Å². The van der Waals surface area contributed by atoms with Crippen LogP contribution in [0.15, 0.2) is 41.4 Å². The van der Waals surface area contributed by atoms with E-state index in [2.05, 4.69) is 4.98 Å². The summed E-state index contributed by atoms with van der Waals surface area (Å²) in [7, 11) is 0. The molecule has 0 radical (unpaired) electrons. The molecule has 5 nitrogen and oxygen atoms in total. The number of hydrogen-bond acceptors (Lipinski definition) is 6. The number of thioether (sulfide) groups is 1. The first-order chi connectivity index (χ1) is 10.2. The van der Waals surface area contributed by atoms with Crippen LogP contribution in [0.4, 0.5) is 5.69 Å². The summed E-state index contributed by atoms with van der Waals surface area (Å²) in [6.07, 6.45) is 3.42. The van der Waals surface area contributed by atoms with Crippen LogP contribution in [-0.2, 0) is 4.74 Å². The fourth-order valence-corrected chi connectivity index (χ4v) is 2.26. The third-order valence-corrected chi connectivity index (χ3v) is 3.50. The molecule has 0 unspecified atom stereocenters. The van der Waals surface area contributed by atoms with Gasteiger partial charge in [0.2, 0.25) is 5.88 Å². The number of para-hydroxylation sites is 1. The molecular weight excluding hydrogens is 288 g/mol. The summed E-state index contributed by atoms with van der Waals surface area (Å²) in [5.41, 5.74) is 6.38. The molecule has 0 bridgehead atoms. The van der Waals surface area contributed by atoms with E-state index in [0.717, 1.165) is 4.90 Å². The second kappa shape index (κ2) is 6.99. The van der Waals surface area contributed by atoms with E-state index in [4.69, 9.17) is 15.2 Å². The van der Waals surface area contributed by atoms with Crippen LogP contribution in [0.25, 0.3) is 0 Å². The Bertz CT molecular complexity index is 647. The maximum atomic E-state index is 11.8.